The first-order valence-corrected chi connectivity index (χ1v) is 6.33. The van der Waals surface area contributed by atoms with Crippen molar-refractivity contribution in [1.29, 1.82) is 0 Å². The summed E-state index contributed by atoms with van der Waals surface area (Å²) in [5.74, 6) is 0.809. The summed E-state index contributed by atoms with van der Waals surface area (Å²) < 4.78 is 0. The van der Waals surface area contributed by atoms with Gasteiger partial charge in [0.05, 0.1) is 6.10 Å². The number of hydrogen-bond donors (Lipinski definition) is 2. The van der Waals surface area contributed by atoms with E-state index in [4.69, 9.17) is 0 Å². The van der Waals surface area contributed by atoms with E-state index in [9.17, 15) is 5.11 Å². The van der Waals surface area contributed by atoms with Crippen molar-refractivity contribution in [3.63, 3.8) is 0 Å². The number of fused-ring (bicyclic) bond motifs is 1. The Balaban J connectivity index is 1.71. The van der Waals surface area contributed by atoms with E-state index in [0.29, 0.717) is 6.04 Å². The van der Waals surface area contributed by atoms with Gasteiger partial charge in [-0.05, 0) is 30.7 Å². The van der Waals surface area contributed by atoms with Crippen LogP contribution in [0.3, 0.4) is 0 Å². The first-order chi connectivity index (χ1) is 7.84. The van der Waals surface area contributed by atoms with Crippen molar-refractivity contribution in [1.82, 2.24) is 5.32 Å². The highest BCUT2D eigenvalue weighted by molar-refractivity contribution is 5.19. The lowest BCUT2D eigenvalue weighted by molar-refractivity contribution is 0.133. The lowest BCUT2D eigenvalue weighted by Gasteiger charge is -2.20. The van der Waals surface area contributed by atoms with Crippen molar-refractivity contribution in [3.05, 3.63) is 35.9 Å². The molecule has 3 rings (SSSR count). The second-order valence-electron chi connectivity index (χ2n) is 5.16. The van der Waals surface area contributed by atoms with Gasteiger partial charge in [-0.1, -0.05) is 36.8 Å². The second-order valence-corrected chi connectivity index (χ2v) is 5.16. The molecule has 1 heterocycles. The predicted octanol–water partition coefficient (Wildman–Crippen LogP) is 2.25. The Morgan fingerprint density at radius 2 is 2.00 bits per heavy atom. The van der Waals surface area contributed by atoms with Gasteiger partial charge in [-0.25, -0.2) is 0 Å². The zero-order valence-corrected chi connectivity index (χ0v) is 9.47. The van der Waals surface area contributed by atoms with Gasteiger partial charge in [0.15, 0.2) is 0 Å². The van der Waals surface area contributed by atoms with E-state index in [2.05, 4.69) is 5.32 Å². The molecule has 1 saturated carbocycles. The summed E-state index contributed by atoms with van der Waals surface area (Å²) >= 11 is 0. The van der Waals surface area contributed by atoms with Crippen LogP contribution in [0.2, 0.25) is 0 Å². The Bertz CT molecular complexity index is 339. The van der Waals surface area contributed by atoms with Gasteiger partial charge in [0.1, 0.15) is 0 Å². The van der Waals surface area contributed by atoms with Gasteiger partial charge in [-0.2, -0.15) is 0 Å². The zero-order valence-electron chi connectivity index (χ0n) is 9.47. The monoisotopic (exact) mass is 217 g/mol. The molecule has 2 nitrogen and oxygen atoms in total. The summed E-state index contributed by atoms with van der Waals surface area (Å²) in [4.78, 5) is 0. The summed E-state index contributed by atoms with van der Waals surface area (Å²) in [6, 6.07) is 10.9. The minimum absolute atomic E-state index is 0.262. The molecular weight excluding hydrogens is 198 g/mol. The SMILES string of the molecule is O[C@H](c1ccccc1)[C@@H]1C[C@H]2CCC[C@H]2N1. The highest BCUT2D eigenvalue weighted by atomic mass is 16.3. The molecule has 0 aromatic heterocycles. The van der Waals surface area contributed by atoms with Crippen molar-refractivity contribution in [2.24, 2.45) is 5.92 Å². The maximum Gasteiger partial charge on any atom is 0.0943 e. The third-order valence-corrected chi connectivity index (χ3v) is 4.17. The Kier molecular flexibility index (Phi) is 2.70. The number of rotatable bonds is 2. The minimum Gasteiger partial charge on any atom is -0.387 e. The number of nitrogens with one attached hydrogen (secondary N) is 1. The van der Waals surface area contributed by atoms with Gasteiger partial charge in [0, 0.05) is 12.1 Å². The third kappa shape index (κ3) is 1.76. The highest BCUT2D eigenvalue weighted by Gasteiger charge is 2.39. The molecule has 2 aliphatic rings. The second kappa shape index (κ2) is 4.19. The molecule has 2 heteroatoms. The molecule has 0 unspecified atom stereocenters. The largest absolute Gasteiger partial charge is 0.387 e. The molecule has 4 atom stereocenters. The van der Waals surface area contributed by atoms with Crippen molar-refractivity contribution in [2.45, 2.75) is 43.9 Å². The van der Waals surface area contributed by atoms with Gasteiger partial charge >= 0.3 is 0 Å². The maximum atomic E-state index is 10.3. The molecule has 2 N–H and O–H groups in total. The van der Waals surface area contributed by atoms with Crippen LogP contribution in [0.1, 0.15) is 37.4 Å². The van der Waals surface area contributed by atoms with Crippen LogP contribution in [-0.4, -0.2) is 17.2 Å². The number of hydrogen-bond acceptors (Lipinski definition) is 2. The van der Waals surface area contributed by atoms with E-state index < -0.39 is 0 Å². The fourth-order valence-electron chi connectivity index (χ4n) is 3.31. The standard InChI is InChI=1S/C14H19NO/c16-14(10-5-2-1-3-6-10)13-9-11-7-4-8-12(11)15-13/h1-3,5-6,11-16H,4,7-9H2/t11-,12-,13+,14-/m1/s1. The average molecular weight is 217 g/mol. The fraction of sp³-hybridized carbons (Fsp3) is 0.571. The molecule has 0 spiro atoms. The van der Waals surface area contributed by atoms with Crippen LogP contribution in [0.4, 0.5) is 0 Å². The normalized spacial score (nSPS) is 34.9. The fourth-order valence-corrected chi connectivity index (χ4v) is 3.31. The lowest BCUT2D eigenvalue weighted by atomic mass is 9.96. The van der Waals surface area contributed by atoms with E-state index >= 15 is 0 Å². The van der Waals surface area contributed by atoms with Crippen LogP contribution in [0.15, 0.2) is 30.3 Å². The molecule has 16 heavy (non-hydrogen) atoms. The molecule has 1 aromatic carbocycles. The summed E-state index contributed by atoms with van der Waals surface area (Å²) in [6.07, 6.45) is 4.79. The van der Waals surface area contributed by atoms with E-state index in [1.54, 1.807) is 0 Å². The van der Waals surface area contributed by atoms with Crippen LogP contribution < -0.4 is 5.32 Å². The molecule has 0 amide bonds. The van der Waals surface area contributed by atoms with E-state index in [0.717, 1.165) is 17.9 Å². The molecular formula is C14H19NO. The van der Waals surface area contributed by atoms with Crippen LogP contribution in [0.5, 0.6) is 0 Å². The Morgan fingerprint density at radius 1 is 1.19 bits per heavy atom. The predicted molar refractivity (Wildman–Crippen MR) is 64.1 cm³/mol. The number of aliphatic hydroxyl groups is 1. The minimum atomic E-state index is -0.341. The van der Waals surface area contributed by atoms with Gasteiger partial charge in [-0.3, -0.25) is 0 Å². The van der Waals surface area contributed by atoms with Crippen LogP contribution in [-0.2, 0) is 0 Å². The van der Waals surface area contributed by atoms with Crippen LogP contribution in [0.25, 0.3) is 0 Å². The Labute approximate surface area is 96.7 Å². The summed E-state index contributed by atoms with van der Waals surface area (Å²) in [5.41, 5.74) is 1.04. The number of aliphatic hydroxyl groups excluding tert-OH is 1. The van der Waals surface area contributed by atoms with Gasteiger partial charge in [0.2, 0.25) is 0 Å². The van der Waals surface area contributed by atoms with Crippen LogP contribution >= 0.6 is 0 Å². The molecule has 1 aromatic rings. The quantitative estimate of drug-likeness (QED) is 0.796. The Morgan fingerprint density at radius 3 is 2.75 bits per heavy atom. The molecule has 1 aliphatic carbocycles. The van der Waals surface area contributed by atoms with E-state index in [1.807, 2.05) is 30.3 Å². The van der Waals surface area contributed by atoms with Gasteiger partial charge < -0.3 is 10.4 Å². The zero-order chi connectivity index (χ0) is 11.0. The van der Waals surface area contributed by atoms with Crippen molar-refractivity contribution in [3.8, 4) is 0 Å². The van der Waals surface area contributed by atoms with Gasteiger partial charge in [0.25, 0.3) is 0 Å². The molecule has 1 aliphatic heterocycles. The number of benzene rings is 1. The highest BCUT2D eigenvalue weighted by Crippen LogP contribution is 2.38. The van der Waals surface area contributed by atoms with E-state index in [-0.39, 0.29) is 12.1 Å². The topological polar surface area (TPSA) is 32.3 Å². The van der Waals surface area contributed by atoms with Gasteiger partial charge in [-0.15, -0.1) is 0 Å². The molecule has 86 valence electrons. The maximum absolute atomic E-state index is 10.3. The average Bonchev–Trinajstić information content (AvgIpc) is 2.89. The van der Waals surface area contributed by atoms with Crippen molar-refractivity contribution < 1.29 is 5.11 Å². The van der Waals surface area contributed by atoms with Crippen molar-refractivity contribution in [2.75, 3.05) is 0 Å². The first-order valence-electron chi connectivity index (χ1n) is 6.33. The van der Waals surface area contributed by atoms with E-state index in [1.165, 1.54) is 19.3 Å². The Hall–Kier alpha value is -0.860. The third-order valence-electron chi connectivity index (χ3n) is 4.17. The molecule has 0 radical (unpaired) electrons. The van der Waals surface area contributed by atoms with Crippen LogP contribution in [0, 0.1) is 5.92 Å². The summed E-state index contributed by atoms with van der Waals surface area (Å²) in [6.45, 7) is 0. The lowest BCUT2D eigenvalue weighted by Crippen LogP contribution is -2.33. The summed E-state index contributed by atoms with van der Waals surface area (Å²) in [7, 11) is 0. The summed E-state index contributed by atoms with van der Waals surface area (Å²) in [5, 5.41) is 13.9. The first kappa shape index (κ1) is 10.3. The molecule has 2 fully saturated rings. The smallest absolute Gasteiger partial charge is 0.0943 e. The molecule has 0 bridgehead atoms. The molecule has 1 saturated heterocycles. The van der Waals surface area contributed by atoms with Crippen molar-refractivity contribution >= 4 is 0 Å².